The molecule has 0 amide bonds. The van der Waals surface area contributed by atoms with E-state index in [1.165, 1.54) is 9.40 Å². The number of nitrogens with one attached hydrogen (secondary N) is 1. The Kier molecular flexibility index (Phi) is 3.15. The van der Waals surface area contributed by atoms with Gasteiger partial charge in [0.05, 0.1) is 10.9 Å². The predicted molar refractivity (Wildman–Crippen MR) is 75.1 cm³/mol. The molecule has 94 valence electrons. The summed E-state index contributed by atoms with van der Waals surface area (Å²) in [6.45, 7) is 2.09. The summed E-state index contributed by atoms with van der Waals surface area (Å²) in [6, 6.07) is 4.36. The van der Waals surface area contributed by atoms with Crippen LogP contribution < -0.4 is 5.32 Å². The molecule has 0 aliphatic heterocycles. The van der Waals surface area contributed by atoms with E-state index in [4.69, 9.17) is 4.42 Å². The first-order chi connectivity index (χ1) is 8.81. The van der Waals surface area contributed by atoms with Gasteiger partial charge in [-0.3, -0.25) is 0 Å². The maximum atomic E-state index is 5.74. The van der Waals surface area contributed by atoms with Crippen molar-refractivity contribution in [3.8, 4) is 10.8 Å². The summed E-state index contributed by atoms with van der Waals surface area (Å²) >= 11 is 3.42. The van der Waals surface area contributed by atoms with Crippen LogP contribution in [-0.2, 0) is 0 Å². The smallest absolute Gasteiger partial charge is 0.257 e. The van der Waals surface area contributed by atoms with Gasteiger partial charge in [-0.15, -0.1) is 32.9 Å². The molecule has 0 saturated heterocycles. The SMILES string of the molecule is CCC(NC)c1nnc(-c2cc3sccc3s2)o1. The Balaban J connectivity index is 1.95. The number of thiophene rings is 2. The highest BCUT2D eigenvalue weighted by Crippen LogP contribution is 2.36. The first-order valence-electron chi connectivity index (χ1n) is 5.80. The van der Waals surface area contributed by atoms with Gasteiger partial charge in [0, 0.05) is 9.40 Å². The fourth-order valence-electron chi connectivity index (χ4n) is 1.85. The summed E-state index contributed by atoms with van der Waals surface area (Å²) in [7, 11) is 1.90. The molecule has 0 aliphatic carbocycles. The summed E-state index contributed by atoms with van der Waals surface area (Å²) in [4.78, 5) is 1.04. The van der Waals surface area contributed by atoms with E-state index in [-0.39, 0.29) is 6.04 Å². The van der Waals surface area contributed by atoms with E-state index in [0.29, 0.717) is 11.8 Å². The third-order valence-corrected chi connectivity index (χ3v) is 4.93. The fourth-order valence-corrected chi connectivity index (χ4v) is 3.88. The number of fused-ring (bicyclic) bond motifs is 1. The molecule has 0 bridgehead atoms. The molecule has 4 nitrogen and oxygen atoms in total. The lowest BCUT2D eigenvalue weighted by Crippen LogP contribution is -2.15. The van der Waals surface area contributed by atoms with Crippen molar-refractivity contribution in [3.63, 3.8) is 0 Å². The van der Waals surface area contributed by atoms with Crippen LogP contribution in [0.5, 0.6) is 0 Å². The molecule has 0 fully saturated rings. The predicted octanol–water partition coefficient (Wildman–Crippen LogP) is 3.68. The Morgan fingerprint density at radius 3 is 3.00 bits per heavy atom. The van der Waals surface area contributed by atoms with Gasteiger partial charge in [-0.05, 0) is 31.0 Å². The van der Waals surface area contributed by atoms with Crippen LogP contribution in [0.2, 0.25) is 0 Å². The fraction of sp³-hybridized carbons (Fsp3) is 0.333. The van der Waals surface area contributed by atoms with Gasteiger partial charge in [-0.2, -0.15) is 0 Å². The largest absolute Gasteiger partial charge is 0.418 e. The summed E-state index contributed by atoms with van der Waals surface area (Å²) in [6.07, 6.45) is 0.928. The van der Waals surface area contributed by atoms with Crippen LogP contribution in [0.3, 0.4) is 0 Å². The lowest BCUT2D eigenvalue weighted by molar-refractivity contribution is 0.415. The van der Waals surface area contributed by atoms with Gasteiger partial charge in [0.15, 0.2) is 0 Å². The monoisotopic (exact) mass is 279 g/mol. The topological polar surface area (TPSA) is 51.0 Å². The third kappa shape index (κ3) is 1.96. The molecule has 3 aromatic rings. The molecule has 0 saturated carbocycles. The number of hydrogen-bond acceptors (Lipinski definition) is 6. The van der Waals surface area contributed by atoms with Crippen LogP contribution in [0.15, 0.2) is 21.9 Å². The molecule has 3 aromatic heterocycles. The van der Waals surface area contributed by atoms with Gasteiger partial charge in [0.1, 0.15) is 0 Å². The minimum atomic E-state index is 0.132. The Labute approximate surface area is 113 Å². The minimum Gasteiger partial charge on any atom is -0.418 e. The molecular formula is C12H13N3OS2. The first kappa shape index (κ1) is 11.8. The molecule has 0 aromatic carbocycles. The highest BCUT2D eigenvalue weighted by molar-refractivity contribution is 7.28. The number of aromatic nitrogens is 2. The molecule has 0 spiro atoms. The van der Waals surface area contributed by atoms with Crippen LogP contribution in [-0.4, -0.2) is 17.2 Å². The van der Waals surface area contributed by atoms with Crippen LogP contribution in [0.4, 0.5) is 0 Å². The molecule has 0 radical (unpaired) electrons. The number of hydrogen-bond donors (Lipinski definition) is 1. The summed E-state index contributed by atoms with van der Waals surface area (Å²) in [5.41, 5.74) is 0. The van der Waals surface area contributed by atoms with E-state index in [1.807, 2.05) is 7.05 Å². The molecule has 3 heterocycles. The van der Waals surface area contributed by atoms with Crippen LogP contribution >= 0.6 is 22.7 Å². The van der Waals surface area contributed by atoms with Crippen molar-refractivity contribution in [1.82, 2.24) is 15.5 Å². The second-order valence-electron chi connectivity index (χ2n) is 3.95. The lowest BCUT2D eigenvalue weighted by Gasteiger charge is -2.06. The highest BCUT2D eigenvalue weighted by atomic mass is 32.1. The van der Waals surface area contributed by atoms with E-state index in [0.717, 1.165) is 11.3 Å². The van der Waals surface area contributed by atoms with E-state index in [1.54, 1.807) is 22.7 Å². The van der Waals surface area contributed by atoms with Gasteiger partial charge in [-0.1, -0.05) is 6.92 Å². The van der Waals surface area contributed by atoms with Crippen LogP contribution in [0.1, 0.15) is 25.3 Å². The van der Waals surface area contributed by atoms with Gasteiger partial charge in [-0.25, -0.2) is 0 Å². The molecule has 0 aliphatic rings. The Hall–Kier alpha value is -1.24. The first-order valence-corrected chi connectivity index (χ1v) is 7.49. The van der Waals surface area contributed by atoms with Gasteiger partial charge >= 0.3 is 0 Å². The molecule has 18 heavy (non-hydrogen) atoms. The number of nitrogens with zero attached hydrogens (tertiary/aromatic N) is 2. The zero-order valence-electron chi connectivity index (χ0n) is 10.1. The number of rotatable bonds is 4. The molecular weight excluding hydrogens is 266 g/mol. The summed E-state index contributed by atoms with van der Waals surface area (Å²) < 4.78 is 8.29. The van der Waals surface area contributed by atoms with Crippen molar-refractivity contribution in [2.45, 2.75) is 19.4 Å². The van der Waals surface area contributed by atoms with E-state index in [9.17, 15) is 0 Å². The van der Waals surface area contributed by atoms with Gasteiger partial charge in [0.25, 0.3) is 5.89 Å². The summed E-state index contributed by atoms with van der Waals surface area (Å²) in [5, 5.41) is 13.5. The lowest BCUT2D eigenvalue weighted by atomic mass is 10.2. The van der Waals surface area contributed by atoms with Gasteiger partial charge < -0.3 is 9.73 Å². The van der Waals surface area contributed by atoms with Crippen LogP contribution in [0, 0.1) is 0 Å². The van der Waals surface area contributed by atoms with Crippen LogP contribution in [0.25, 0.3) is 20.2 Å². The molecule has 3 rings (SSSR count). The van der Waals surface area contributed by atoms with Crippen molar-refractivity contribution in [2.24, 2.45) is 0 Å². The minimum absolute atomic E-state index is 0.132. The van der Waals surface area contributed by atoms with Crippen molar-refractivity contribution in [1.29, 1.82) is 0 Å². The third-order valence-electron chi connectivity index (χ3n) is 2.85. The van der Waals surface area contributed by atoms with Crippen molar-refractivity contribution in [2.75, 3.05) is 7.05 Å². The van der Waals surface area contributed by atoms with E-state index in [2.05, 4.69) is 40.0 Å². The maximum absolute atomic E-state index is 5.74. The van der Waals surface area contributed by atoms with E-state index < -0.39 is 0 Å². The Bertz CT molecular complexity index is 622. The zero-order valence-corrected chi connectivity index (χ0v) is 11.8. The average Bonchev–Trinajstić information content (AvgIpc) is 3.04. The molecule has 1 atom stereocenters. The second-order valence-corrected chi connectivity index (χ2v) is 5.99. The summed E-state index contributed by atoms with van der Waals surface area (Å²) in [5.74, 6) is 1.28. The Morgan fingerprint density at radius 2 is 2.28 bits per heavy atom. The normalized spacial score (nSPS) is 13.2. The molecule has 1 unspecified atom stereocenters. The van der Waals surface area contributed by atoms with Crippen molar-refractivity contribution >= 4 is 32.1 Å². The standard InChI is InChI=1S/C12H13N3OS2/c1-3-7(13-2)11-14-15-12(16-11)10-6-9-8(18-10)4-5-17-9/h4-7,13H,3H2,1-2H3. The highest BCUT2D eigenvalue weighted by Gasteiger charge is 2.17. The van der Waals surface area contributed by atoms with Crippen molar-refractivity contribution < 1.29 is 4.42 Å². The molecule has 1 N–H and O–H groups in total. The van der Waals surface area contributed by atoms with Gasteiger partial charge in [0.2, 0.25) is 5.89 Å². The average molecular weight is 279 g/mol. The molecule has 6 heteroatoms. The second kappa shape index (κ2) is 4.79. The Morgan fingerprint density at radius 1 is 1.39 bits per heavy atom. The van der Waals surface area contributed by atoms with Crippen molar-refractivity contribution in [3.05, 3.63) is 23.4 Å². The quantitative estimate of drug-likeness (QED) is 0.791. The maximum Gasteiger partial charge on any atom is 0.257 e. The zero-order chi connectivity index (χ0) is 12.5. The van der Waals surface area contributed by atoms with E-state index >= 15 is 0 Å².